The number of benzene rings is 1. The van der Waals surface area contributed by atoms with Crippen molar-refractivity contribution in [1.29, 1.82) is 0 Å². The van der Waals surface area contributed by atoms with Gasteiger partial charge in [-0.3, -0.25) is 0 Å². The van der Waals surface area contributed by atoms with E-state index in [1.54, 1.807) is 0 Å². The molecule has 0 radical (unpaired) electrons. The van der Waals surface area contributed by atoms with Crippen molar-refractivity contribution in [2.24, 2.45) is 5.11 Å². The number of halogens is 1. The largest absolute Gasteiger partial charge is 0.0936 e. The quantitative estimate of drug-likeness (QED) is 0.402. The van der Waals surface area contributed by atoms with E-state index in [0.29, 0.717) is 11.6 Å². The molecular formula is C9H12ClN3. The molecule has 0 heterocycles. The third-order valence-corrected chi connectivity index (χ3v) is 1.69. The summed E-state index contributed by atoms with van der Waals surface area (Å²) in [6, 6.07) is 7.53. The summed E-state index contributed by atoms with van der Waals surface area (Å²) in [6.07, 6.45) is 0.741. The molecule has 0 bridgehead atoms. The fourth-order valence-electron chi connectivity index (χ4n) is 0.916. The van der Waals surface area contributed by atoms with Gasteiger partial charge < -0.3 is 0 Å². The highest BCUT2D eigenvalue weighted by molar-refractivity contribution is 6.30. The zero-order chi connectivity index (χ0) is 8.81. The molecule has 0 saturated carbocycles. The Morgan fingerprint density at radius 1 is 1.46 bits per heavy atom. The molecule has 0 saturated heterocycles. The number of hydrogen-bond donors (Lipinski definition) is 0. The minimum Gasteiger partial charge on any atom is -0.0936 e. The second-order valence-corrected chi connectivity index (χ2v) is 2.77. The standard InChI is InChI=1S/C8H8ClN3.CH4/c9-8-3-1-2-7(6-8)4-5-11-12-10;/h1-3,6H,4-5H2;1H4. The van der Waals surface area contributed by atoms with Gasteiger partial charge in [0.05, 0.1) is 0 Å². The van der Waals surface area contributed by atoms with E-state index in [-0.39, 0.29) is 7.43 Å². The zero-order valence-electron chi connectivity index (χ0n) is 6.44. The Balaban J connectivity index is 0.00000144. The van der Waals surface area contributed by atoms with Gasteiger partial charge in [0.2, 0.25) is 0 Å². The summed E-state index contributed by atoms with van der Waals surface area (Å²) in [4.78, 5) is 2.67. The Morgan fingerprint density at radius 2 is 2.23 bits per heavy atom. The molecule has 1 rings (SSSR count). The summed E-state index contributed by atoms with van der Waals surface area (Å²) in [6.45, 7) is 0.483. The van der Waals surface area contributed by atoms with Crippen LogP contribution in [0.15, 0.2) is 29.4 Å². The van der Waals surface area contributed by atoms with Crippen LogP contribution in [0.25, 0.3) is 10.4 Å². The van der Waals surface area contributed by atoms with E-state index >= 15 is 0 Å². The third-order valence-electron chi connectivity index (χ3n) is 1.45. The summed E-state index contributed by atoms with van der Waals surface area (Å²) in [5.41, 5.74) is 9.12. The van der Waals surface area contributed by atoms with Crippen molar-refractivity contribution in [1.82, 2.24) is 0 Å². The molecule has 0 unspecified atom stereocenters. The molecule has 1 aromatic rings. The molecule has 0 aliphatic rings. The Labute approximate surface area is 83.0 Å². The van der Waals surface area contributed by atoms with Gasteiger partial charge in [0, 0.05) is 16.5 Å². The summed E-state index contributed by atoms with van der Waals surface area (Å²) in [5, 5.41) is 4.15. The van der Waals surface area contributed by atoms with Crippen molar-refractivity contribution in [2.45, 2.75) is 13.8 Å². The first-order valence-corrected chi connectivity index (χ1v) is 3.96. The number of nitrogens with zero attached hydrogens (tertiary/aromatic N) is 3. The predicted molar refractivity (Wildman–Crippen MR) is 55.9 cm³/mol. The first kappa shape index (κ1) is 11.8. The van der Waals surface area contributed by atoms with Gasteiger partial charge >= 0.3 is 0 Å². The molecule has 4 heteroatoms. The molecule has 3 nitrogen and oxygen atoms in total. The molecule has 0 spiro atoms. The molecular weight excluding hydrogens is 186 g/mol. The van der Waals surface area contributed by atoms with Gasteiger partial charge in [-0.15, -0.1) is 0 Å². The summed E-state index contributed by atoms with van der Waals surface area (Å²) < 4.78 is 0. The van der Waals surface area contributed by atoms with Crippen molar-refractivity contribution >= 4 is 11.6 Å². The number of hydrogen-bond acceptors (Lipinski definition) is 1. The second-order valence-electron chi connectivity index (χ2n) is 2.33. The molecule has 70 valence electrons. The van der Waals surface area contributed by atoms with Crippen LogP contribution in [0.4, 0.5) is 0 Å². The Kier molecular flexibility index (Phi) is 5.77. The van der Waals surface area contributed by atoms with E-state index in [9.17, 15) is 0 Å². The van der Waals surface area contributed by atoms with Crippen LogP contribution in [-0.4, -0.2) is 6.54 Å². The first-order chi connectivity index (χ1) is 5.83. The highest BCUT2D eigenvalue weighted by Crippen LogP contribution is 2.10. The van der Waals surface area contributed by atoms with Crippen LogP contribution < -0.4 is 0 Å². The summed E-state index contributed by atoms with van der Waals surface area (Å²) in [7, 11) is 0. The van der Waals surface area contributed by atoms with E-state index in [1.165, 1.54) is 0 Å². The molecule has 0 aromatic heterocycles. The van der Waals surface area contributed by atoms with E-state index < -0.39 is 0 Å². The highest BCUT2D eigenvalue weighted by Gasteiger charge is 1.91. The van der Waals surface area contributed by atoms with Crippen LogP contribution in [-0.2, 0) is 6.42 Å². The molecule has 1 aromatic carbocycles. The van der Waals surface area contributed by atoms with Crippen LogP contribution >= 0.6 is 11.6 Å². The molecule has 0 amide bonds. The van der Waals surface area contributed by atoms with E-state index in [2.05, 4.69) is 10.0 Å². The molecule has 0 aliphatic carbocycles. The zero-order valence-corrected chi connectivity index (χ0v) is 7.20. The smallest absolute Gasteiger partial charge is 0.0408 e. The van der Waals surface area contributed by atoms with E-state index in [1.807, 2.05) is 24.3 Å². The minimum atomic E-state index is 0. The van der Waals surface area contributed by atoms with Crippen LogP contribution in [0.5, 0.6) is 0 Å². The number of rotatable bonds is 3. The Morgan fingerprint density at radius 3 is 2.85 bits per heavy atom. The first-order valence-electron chi connectivity index (χ1n) is 3.58. The SMILES string of the molecule is C.[N-]=[N+]=NCCc1cccc(Cl)c1. The lowest BCUT2D eigenvalue weighted by molar-refractivity contribution is 0.956. The van der Waals surface area contributed by atoms with E-state index in [0.717, 1.165) is 12.0 Å². The van der Waals surface area contributed by atoms with Crippen LogP contribution in [0.2, 0.25) is 5.02 Å². The fraction of sp³-hybridized carbons (Fsp3) is 0.333. The van der Waals surface area contributed by atoms with Crippen LogP contribution in [0, 0.1) is 0 Å². The van der Waals surface area contributed by atoms with Gasteiger partial charge in [0.1, 0.15) is 0 Å². The van der Waals surface area contributed by atoms with Crippen LogP contribution in [0.3, 0.4) is 0 Å². The maximum absolute atomic E-state index is 8.03. The summed E-state index contributed by atoms with van der Waals surface area (Å²) >= 11 is 5.75. The van der Waals surface area contributed by atoms with Crippen LogP contribution in [0.1, 0.15) is 13.0 Å². The van der Waals surface area contributed by atoms with Gasteiger partial charge in [-0.1, -0.05) is 36.3 Å². The van der Waals surface area contributed by atoms with Crippen molar-refractivity contribution < 1.29 is 0 Å². The maximum atomic E-state index is 8.03. The lowest BCUT2D eigenvalue weighted by Gasteiger charge is -1.96. The van der Waals surface area contributed by atoms with Gasteiger partial charge in [0.25, 0.3) is 0 Å². The third kappa shape index (κ3) is 4.41. The van der Waals surface area contributed by atoms with Crippen molar-refractivity contribution in [2.75, 3.05) is 6.54 Å². The topological polar surface area (TPSA) is 48.8 Å². The molecule has 0 fully saturated rings. The Hall–Kier alpha value is -1.18. The monoisotopic (exact) mass is 197 g/mol. The second kappa shape index (κ2) is 6.35. The van der Waals surface area contributed by atoms with Crippen molar-refractivity contribution in [3.63, 3.8) is 0 Å². The minimum absolute atomic E-state index is 0. The van der Waals surface area contributed by atoms with Crippen molar-refractivity contribution in [3.05, 3.63) is 45.3 Å². The number of azide groups is 1. The summed E-state index contributed by atoms with van der Waals surface area (Å²) in [5.74, 6) is 0. The highest BCUT2D eigenvalue weighted by atomic mass is 35.5. The molecule has 0 N–H and O–H groups in total. The lowest BCUT2D eigenvalue weighted by Crippen LogP contribution is -1.87. The maximum Gasteiger partial charge on any atom is 0.0408 e. The predicted octanol–water partition coefficient (Wildman–Crippen LogP) is 3.83. The van der Waals surface area contributed by atoms with Gasteiger partial charge in [-0.2, -0.15) is 0 Å². The molecule has 13 heavy (non-hydrogen) atoms. The lowest BCUT2D eigenvalue weighted by atomic mass is 10.2. The normalized spacial score (nSPS) is 8.38. The average Bonchev–Trinajstić information content (AvgIpc) is 2.05. The average molecular weight is 198 g/mol. The molecule has 0 aliphatic heterocycles. The van der Waals surface area contributed by atoms with E-state index in [4.69, 9.17) is 17.1 Å². The van der Waals surface area contributed by atoms with Gasteiger partial charge in [0.15, 0.2) is 0 Å². The molecule has 0 atom stereocenters. The van der Waals surface area contributed by atoms with Gasteiger partial charge in [-0.05, 0) is 29.6 Å². The fourth-order valence-corrected chi connectivity index (χ4v) is 1.13. The van der Waals surface area contributed by atoms with Gasteiger partial charge in [-0.25, -0.2) is 0 Å². The Bertz CT molecular complexity index is 305. The van der Waals surface area contributed by atoms with Crippen molar-refractivity contribution in [3.8, 4) is 0 Å².